The van der Waals surface area contributed by atoms with E-state index < -0.39 is 18.1 Å². The van der Waals surface area contributed by atoms with Crippen molar-refractivity contribution in [2.45, 2.75) is 37.2 Å². The van der Waals surface area contributed by atoms with Gasteiger partial charge in [-0.25, -0.2) is 4.98 Å². The number of fused-ring (bicyclic) bond motifs is 1. The van der Waals surface area contributed by atoms with E-state index in [-0.39, 0.29) is 34.6 Å². The van der Waals surface area contributed by atoms with Crippen LogP contribution in [0.3, 0.4) is 0 Å². The zero-order chi connectivity index (χ0) is 20.8. The van der Waals surface area contributed by atoms with Crippen molar-refractivity contribution in [2.24, 2.45) is 0 Å². The van der Waals surface area contributed by atoms with Crippen molar-refractivity contribution in [3.8, 4) is 0 Å². The number of hydrogen-bond acceptors (Lipinski definition) is 5. The zero-order valence-electron chi connectivity index (χ0n) is 15.9. The number of ether oxygens (including phenoxy) is 1. The Labute approximate surface area is 165 Å². The van der Waals surface area contributed by atoms with E-state index in [1.54, 1.807) is 7.05 Å². The predicted molar refractivity (Wildman–Crippen MR) is 98.4 cm³/mol. The summed E-state index contributed by atoms with van der Waals surface area (Å²) in [5.74, 6) is -1.44. The van der Waals surface area contributed by atoms with E-state index >= 15 is 0 Å². The molecule has 158 valence electrons. The standard InChI is InChI=1S/C19H23F3N4O3/c1-25(14-4-5-15(16(14)27)26-6-8-29-9-7-26)17(28)11-2-3-12-13(10-11)24-18(23-12)19(20,21)22/h2-3,10,14-16,27H,4-9H2,1H3,(H,23,24)/t14-,15-,16-/m1/s1. The second-order valence-corrected chi connectivity index (χ2v) is 7.58. The summed E-state index contributed by atoms with van der Waals surface area (Å²) < 4.78 is 43.9. The molecular formula is C19H23F3N4O3. The van der Waals surface area contributed by atoms with E-state index in [1.807, 2.05) is 0 Å². The molecule has 1 saturated carbocycles. The number of amides is 1. The maximum atomic E-state index is 12.9. The van der Waals surface area contributed by atoms with Gasteiger partial charge in [-0.3, -0.25) is 9.69 Å². The number of imidazole rings is 1. The summed E-state index contributed by atoms with van der Waals surface area (Å²) in [5.41, 5.74) is 0.541. The zero-order valence-corrected chi connectivity index (χ0v) is 15.9. The molecular weight excluding hydrogens is 389 g/mol. The summed E-state index contributed by atoms with van der Waals surface area (Å²) in [7, 11) is 1.62. The Morgan fingerprint density at radius 2 is 2.03 bits per heavy atom. The summed E-state index contributed by atoms with van der Waals surface area (Å²) in [6.07, 6.45) is -3.83. The van der Waals surface area contributed by atoms with Crippen molar-refractivity contribution < 1.29 is 27.8 Å². The Morgan fingerprint density at radius 1 is 1.31 bits per heavy atom. The lowest BCUT2D eigenvalue weighted by Crippen LogP contribution is -2.51. The number of likely N-dealkylation sites (N-methyl/N-ethyl adjacent to an activating group) is 1. The molecule has 1 saturated heterocycles. The van der Waals surface area contributed by atoms with Crippen LogP contribution in [0.5, 0.6) is 0 Å². The van der Waals surface area contributed by atoms with Crippen molar-refractivity contribution in [3.63, 3.8) is 0 Å². The number of benzene rings is 1. The van der Waals surface area contributed by atoms with Crippen molar-refractivity contribution >= 4 is 16.9 Å². The molecule has 0 radical (unpaired) electrons. The second kappa shape index (κ2) is 7.58. The molecule has 3 atom stereocenters. The monoisotopic (exact) mass is 412 g/mol. The third kappa shape index (κ3) is 3.84. The maximum Gasteiger partial charge on any atom is 0.449 e. The van der Waals surface area contributed by atoms with Gasteiger partial charge in [0.15, 0.2) is 0 Å². The molecule has 2 N–H and O–H groups in total. The number of carbonyl (C=O) groups is 1. The molecule has 1 aliphatic heterocycles. The van der Waals surface area contributed by atoms with Gasteiger partial charge in [0.25, 0.3) is 5.91 Å². The number of aromatic nitrogens is 2. The average Bonchev–Trinajstić information content (AvgIpc) is 3.30. The first kappa shape index (κ1) is 20.1. The van der Waals surface area contributed by atoms with Crippen LogP contribution in [0.1, 0.15) is 29.0 Å². The number of alkyl halides is 3. The molecule has 1 aromatic carbocycles. The highest BCUT2D eigenvalue weighted by Gasteiger charge is 2.42. The molecule has 0 unspecified atom stereocenters. The van der Waals surface area contributed by atoms with Crippen molar-refractivity contribution in [3.05, 3.63) is 29.6 Å². The van der Waals surface area contributed by atoms with Gasteiger partial charge < -0.3 is 19.7 Å². The summed E-state index contributed by atoms with van der Waals surface area (Å²) in [6.45, 7) is 2.77. The fourth-order valence-corrected chi connectivity index (χ4v) is 4.30. The molecule has 0 bridgehead atoms. The molecule has 0 spiro atoms. The Bertz CT molecular complexity index is 894. The van der Waals surface area contributed by atoms with Crippen LogP contribution in [0.15, 0.2) is 18.2 Å². The normalized spacial score (nSPS) is 26.2. The van der Waals surface area contributed by atoms with Gasteiger partial charge in [-0.15, -0.1) is 0 Å². The number of nitrogens with one attached hydrogen (secondary N) is 1. The van der Waals surface area contributed by atoms with Gasteiger partial charge in [0.1, 0.15) is 0 Å². The number of aromatic amines is 1. The van der Waals surface area contributed by atoms with E-state index in [0.717, 1.165) is 19.5 Å². The Balaban J connectivity index is 1.50. The maximum absolute atomic E-state index is 12.9. The van der Waals surface area contributed by atoms with Gasteiger partial charge >= 0.3 is 6.18 Å². The highest BCUT2D eigenvalue weighted by molar-refractivity contribution is 5.97. The largest absolute Gasteiger partial charge is 0.449 e. The number of rotatable bonds is 3. The summed E-state index contributed by atoms with van der Waals surface area (Å²) in [5, 5.41) is 10.8. The number of morpholine rings is 1. The molecule has 1 amide bonds. The molecule has 7 nitrogen and oxygen atoms in total. The second-order valence-electron chi connectivity index (χ2n) is 7.58. The minimum atomic E-state index is -4.58. The Kier molecular flexibility index (Phi) is 5.26. The molecule has 1 aliphatic carbocycles. The van der Waals surface area contributed by atoms with Gasteiger partial charge in [0.2, 0.25) is 5.82 Å². The number of nitrogens with zero attached hydrogens (tertiary/aromatic N) is 3. The Hall–Kier alpha value is -2.17. The van der Waals surface area contributed by atoms with Crippen molar-refractivity contribution in [1.82, 2.24) is 19.8 Å². The molecule has 2 heterocycles. The van der Waals surface area contributed by atoms with Gasteiger partial charge in [-0.2, -0.15) is 13.2 Å². The molecule has 29 heavy (non-hydrogen) atoms. The first-order chi connectivity index (χ1) is 13.8. The van der Waals surface area contributed by atoms with E-state index in [2.05, 4.69) is 14.9 Å². The van der Waals surface area contributed by atoms with Crippen LogP contribution in [0, 0.1) is 0 Å². The third-order valence-electron chi connectivity index (χ3n) is 5.88. The van der Waals surface area contributed by atoms with Crippen molar-refractivity contribution in [2.75, 3.05) is 33.4 Å². The van der Waals surface area contributed by atoms with Crippen LogP contribution in [0.4, 0.5) is 13.2 Å². The van der Waals surface area contributed by atoms with Gasteiger partial charge in [-0.05, 0) is 31.0 Å². The summed E-state index contributed by atoms with van der Waals surface area (Å²) >= 11 is 0. The molecule has 10 heteroatoms. The summed E-state index contributed by atoms with van der Waals surface area (Å²) in [4.78, 5) is 22.4. The van der Waals surface area contributed by atoms with Crippen LogP contribution in [0.2, 0.25) is 0 Å². The number of hydrogen-bond donors (Lipinski definition) is 2. The summed E-state index contributed by atoms with van der Waals surface area (Å²) in [6, 6.07) is 3.85. The van der Waals surface area contributed by atoms with Crippen LogP contribution < -0.4 is 0 Å². The van der Waals surface area contributed by atoms with Crippen LogP contribution in [-0.2, 0) is 10.9 Å². The SMILES string of the molecule is CN(C(=O)c1ccc2nc(C(F)(F)F)[nH]c2c1)[C@@H]1CC[C@@H](N2CCOCC2)[C@@H]1O. The molecule has 4 rings (SSSR count). The number of aliphatic hydroxyl groups excluding tert-OH is 1. The fraction of sp³-hybridized carbons (Fsp3) is 0.579. The lowest BCUT2D eigenvalue weighted by atomic mass is 10.1. The van der Waals surface area contributed by atoms with Crippen LogP contribution >= 0.6 is 0 Å². The minimum Gasteiger partial charge on any atom is -0.389 e. The third-order valence-corrected chi connectivity index (χ3v) is 5.88. The lowest BCUT2D eigenvalue weighted by Gasteiger charge is -2.36. The van der Waals surface area contributed by atoms with E-state index in [4.69, 9.17) is 4.74 Å². The van der Waals surface area contributed by atoms with Crippen molar-refractivity contribution in [1.29, 1.82) is 0 Å². The van der Waals surface area contributed by atoms with Gasteiger partial charge in [0.05, 0.1) is 36.4 Å². The highest BCUT2D eigenvalue weighted by Crippen LogP contribution is 2.31. The average molecular weight is 412 g/mol. The predicted octanol–water partition coefficient (Wildman–Crippen LogP) is 1.88. The van der Waals surface area contributed by atoms with Crippen LogP contribution in [-0.4, -0.2) is 82.3 Å². The highest BCUT2D eigenvalue weighted by atomic mass is 19.4. The smallest absolute Gasteiger partial charge is 0.389 e. The van der Waals surface area contributed by atoms with Crippen LogP contribution in [0.25, 0.3) is 11.0 Å². The van der Waals surface area contributed by atoms with E-state index in [1.165, 1.54) is 23.1 Å². The van der Waals surface area contributed by atoms with E-state index in [0.29, 0.717) is 19.6 Å². The fourth-order valence-electron chi connectivity index (χ4n) is 4.30. The molecule has 2 fully saturated rings. The Morgan fingerprint density at radius 3 is 2.72 bits per heavy atom. The van der Waals surface area contributed by atoms with Gasteiger partial charge in [-0.1, -0.05) is 0 Å². The quantitative estimate of drug-likeness (QED) is 0.805. The molecule has 2 aromatic rings. The first-order valence-electron chi connectivity index (χ1n) is 9.59. The number of halogens is 3. The topological polar surface area (TPSA) is 81.7 Å². The number of H-pyrrole nitrogens is 1. The molecule has 1 aromatic heterocycles. The molecule has 2 aliphatic rings. The van der Waals surface area contributed by atoms with Gasteiger partial charge in [0, 0.05) is 31.7 Å². The minimum absolute atomic E-state index is 0.0245. The number of aliphatic hydroxyl groups is 1. The number of carbonyl (C=O) groups excluding carboxylic acids is 1. The van der Waals surface area contributed by atoms with E-state index in [9.17, 15) is 23.1 Å². The lowest BCUT2D eigenvalue weighted by molar-refractivity contribution is -0.144. The first-order valence-corrected chi connectivity index (χ1v) is 9.59.